The lowest BCUT2D eigenvalue weighted by atomic mass is 10.1. The zero-order chi connectivity index (χ0) is 103. The molecule has 0 spiro atoms. The number of hydrogen-bond acceptors (Lipinski definition) is 24. The van der Waals surface area contributed by atoms with Crippen molar-refractivity contribution < 1.29 is 50.5 Å². The van der Waals surface area contributed by atoms with Crippen molar-refractivity contribution in [1.29, 1.82) is 0 Å². The summed E-state index contributed by atoms with van der Waals surface area (Å²) in [5, 5.41) is 95.6. The third-order valence-electron chi connectivity index (χ3n) is 21.2. The molecule has 0 aliphatic rings. The van der Waals surface area contributed by atoms with E-state index in [0.29, 0.717) is 33.2 Å². The summed E-state index contributed by atoms with van der Waals surface area (Å²) in [7, 11) is 4.58. The van der Waals surface area contributed by atoms with Crippen LogP contribution in [0.3, 0.4) is 0 Å². The van der Waals surface area contributed by atoms with Crippen LogP contribution in [0.1, 0.15) is 173 Å². The summed E-state index contributed by atoms with van der Waals surface area (Å²) in [5.41, 5.74) is -8.00. The number of phenolic OH excluding ortho intramolecular Hbond substituents is 9. The summed E-state index contributed by atoms with van der Waals surface area (Å²) >= 11 is 30.1. The van der Waals surface area contributed by atoms with Crippen molar-refractivity contribution in [2.24, 2.45) is 21.1 Å². The van der Waals surface area contributed by atoms with E-state index in [1.165, 1.54) is 86.6 Å². The van der Waals surface area contributed by atoms with Gasteiger partial charge in [-0.1, -0.05) is 58.0 Å². The Morgan fingerprint density at radius 2 is 0.545 bits per heavy atom. The topological polar surface area (TPSA) is 531 Å². The fourth-order valence-electron chi connectivity index (χ4n) is 14.4. The summed E-state index contributed by atoms with van der Waals surface area (Å²) in [6, 6.07) is 11.5. The maximum absolute atomic E-state index is 12.6. The molecule has 0 aliphatic heterocycles. The zero-order valence-corrected chi connectivity index (χ0v) is 83.0. The molecule has 7 aromatic carbocycles. The minimum Gasteiger partial charge on any atom is -0.508 e. The number of hydrogen-bond donors (Lipinski definition) is 12. The number of nitrogens with one attached hydrogen (secondary N) is 3. The summed E-state index contributed by atoms with van der Waals surface area (Å²) in [4.78, 5) is 172. The first-order valence-corrected chi connectivity index (χ1v) is 43.0. The molecule has 12 N–H and O–H groups in total. The third-order valence-corrected chi connectivity index (χ3v) is 23.4. The van der Waals surface area contributed by atoms with Gasteiger partial charge in [0.15, 0.2) is 23.0 Å². The van der Waals surface area contributed by atoms with Crippen LogP contribution < -0.4 is 77.9 Å². The molecule has 0 fully saturated rings. The van der Waals surface area contributed by atoms with E-state index in [-0.39, 0.29) is 152 Å². The van der Waals surface area contributed by atoms with Crippen molar-refractivity contribution >= 4 is 133 Å². The Morgan fingerprint density at radius 3 is 0.985 bits per heavy atom. The number of aromatic nitrogens is 13. The Bertz CT molecular complexity index is 8050. The van der Waals surface area contributed by atoms with E-state index in [0.717, 1.165) is 22.9 Å². The fraction of sp³-hybridized carbons (Fsp3) is 0.391. The minimum absolute atomic E-state index is 0.00228. The second-order valence-corrected chi connectivity index (χ2v) is 40.7. The van der Waals surface area contributed by atoms with Crippen LogP contribution >= 0.6 is 58.0 Å². The SMILES string of the molecule is CC(C)(C)n1[nH]c(=O)c2cc(O)c(O)cc2c1=O.Cc1c(O)cc2c(=O)n(C(C)(C)C)[nH]c(=O)c2c1Cl.Cc1c(O)cc2c(=O)n(C(C)(C)C)n(C)c(=O)c2c1Cl.Cc1c(O)cc2c(=O)n(C(C)(C)C)oc(=O)c2c1Cl.Cc1cc2c(=O)[nH]n(C(C)(C)C)c(=O)c2c(Cl)c1O.Cc1cc2c(=O)n(C)n(C(C)(C)C)c(=O)c2cc1O.Cn1c(=O)c2cc(O)c(O)c(Cl)c2c(=O)n1C(C)(C)C. The average Bonchev–Trinajstić information content (AvgIpc) is 0.732. The standard InChI is InChI=1S/C14H17ClN2O3.C14H18N2O3.C13H15ClN2O4.2C13H15ClN2O3.C13H14ClNO4.C12H14N2O4/c1-7-9(18)6-8-10(11(7)15)13(20)16(5)17(12(8)19)14(2,3)4;1-8-6-9-10(7-11(8)17)13(19)16(14(2,3)4)15(5)12(9)18;1-13(2,3)16-12(20)8-6(11(19)15(16)4)5-7(17)10(18)9(8)14;1-6-8(17)5-7-9(10(6)14)11(18)15-16(12(7)19)13(2,3)4;1-6-5-7-8(9(14)10(6)17)12(19)16(13(2,3)4)15-11(7)18;1-6-8(16)5-7-9(10(6)14)12(18)19-15(11(7)17)13(2,3)4;1-12(2,3)14-11(18)7-5-9(16)8(15)4-6(7)10(17)13-14/h6,18H,1-5H3;6-7,17H,1-5H3;5,17-18H,1-4H3;2*5,17H,1-4H3,(H,15,18);5,16H,1-4H3;4-5,15-16H,1-3H3,(H,13,17). The smallest absolute Gasteiger partial charge is 0.365 e. The van der Waals surface area contributed by atoms with Crippen LogP contribution in [0.15, 0.2) is 126 Å². The van der Waals surface area contributed by atoms with E-state index in [4.69, 9.17) is 62.5 Å². The van der Waals surface area contributed by atoms with Crippen molar-refractivity contribution in [3.8, 4) is 51.7 Å². The van der Waals surface area contributed by atoms with E-state index in [1.54, 1.807) is 152 Å². The van der Waals surface area contributed by atoms with Crippen molar-refractivity contribution in [2.75, 3.05) is 0 Å². The van der Waals surface area contributed by atoms with Crippen molar-refractivity contribution in [1.82, 2.24) is 62.2 Å². The third kappa shape index (κ3) is 20.3. The highest BCUT2D eigenvalue weighted by atomic mass is 35.5. The molecule has 42 heteroatoms. The van der Waals surface area contributed by atoms with Gasteiger partial charge >= 0.3 is 5.63 Å². The molecular weight excluding hydrogens is 1850 g/mol. The van der Waals surface area contributed by atoms with Gasteiger partial charge in [-0.3, -0.25) is 77.6 Å². The molecule has 37 nitrogen and oxygen atoms in total. The molecule has 720 valence electrons. The van der Waals surface area contributed by atoms with Crippen molar-refractivity contribution in [3.05, 3.63) is 253 Å². The molecule has 134 heavy (non-hydrogen) atoms. The molecule has 0 saturated carbocycles. The number of phenols is 9. The highest BCUT2D eigenvalue weighted by Gasteiger charge is 2.31. The number of fused-ring (bicyclic) bond motifs is 7. The van der Waals surface area contributed by atoms with Gasteiger partial charge in [-0.2, -0.15) is 4.74 Å². The molecule has 7 aromatic heterocycles. The van der Waals surface area contributed by atoms with Gasteiger partial charge in [0.2, 0.25) is 0 Å². The molecule has 7 heterocycles. The zero-order valence-electron chi connectivity index (χ0n) is 79.2. The van der Waals surface area contributed by atoms with Gasteiger partial charge in [-0.05, 0) is 246 Å². The van der Waals surface area contributed by atoms with E-state index in [1.807, 2.05) is 41.5 Å². The van der Waals surface area contributed by atoms with Gasteiger partial charge < -0.3 is 50.5 Å². The molecule has 0 atom stereocenters. The van der Waals surface area contributed by atoms with E-state index in [9.17, 15) is 113 Å². The van der Waals surface area contributed by atoms with E-state index >= 15 is 0 Å². The van der Waals surface area contributed by atoms with Crippen LogP contribution in [0.2, 0.25) is 25.1 Å². The molecular formula is C92H108Cl5N13O24. The minimum atomic E-state index is -0.697. The lowest BCUT2D eigenvalue weighted by Crippen LogP contribution is -2.45. The van der Waals surface area contributed by atoms with Crippen LogP contribution in [-0.4, -0.2) is 108 Å². The predicted molar refractivity (Wildman–Crippen MR) is 522 cm³/mol. The molecule has 0 amide bonds. The maximum atomic E-state index is 12.6. The van der Waals surface area contributed by atoms with E-state index in [2.05, 4.69) is 15.3 Å². The first kappa shape index (κ1) is 106. The number of aryl methyl sites for hydroxylation is 2. The van der Waals surface area contributed by atoms with Gasteiger partial charge in [0.1, 0.15) is 28.7 Å². The van der Waals surface area contributed by atoms with Gasteiger partial charge in [0.25, 0.3) is 72.3 Å². The summed E-state index contributed by atoms with van der Waals surface area (Å²) in [5.74, 6) is -2.45. The summed E-state index contributed by atoms with van der Waals surface area (Å²) in [6.07, 6.45) is 0. The Labute approximate surface area is 785 Å². The Morgan fingerprint density at radius 1 is 0.254 bits per heavy atom. The Kier molecular flexibility index (Phi) is 29.6. The molecule has 0 bridgehead atoms. The van der Waals surface area contributed by atoms with Crippen LogP contribution in [0.4, 0.5) is 0 Å². The lowest BCUT2D eigenvalue weighted by Gasteiger charge is -2.26. The van der Waals surface area contributed by atoms with Crippen molar-refractivity contribution in [3.63, 3.8) is 0 Å². The monoisotopic (exact) mass is 1950 g/mol. The summed E-state index contributed by atoms with van der Waals surface area (Å²) < 4.78 is 17.5. The largest absolute Gasteiger partial charge is 0.508 e. The molecule has 0 radical (unpaired) electrons. The fourth-order valence-corrected chi connectivity index (χ4v) is 15.9. The quantitative estimate of drug-likeness (QED) is 0.0627. The average molecular weight is 1960 g/mol. The molecule has 14 aromatic rings. The van der Waals surface area contributed by atoms with E-state index < -0.39 is 112 Å². The van der Waals surface area contributed by atoms with Gasteiger partial charge in [-0.25, -0.2) is 46.9 Å². The van der Waals surface area contributed by atoms with Crippen LogP contribution in [0.5, 0.6) is 51.7 Å². The van der Waals surface area contributed by atoms with Gasteiger partial charge in [0.05, 0.1) is 139 Å². The van der Waals surface area contributed by atoms with Crippen LogP contribution in [0.25, 0.3) is 75.4 Å². The predicted octanol–water partition coefficient (Wildman–Crippen LogP) is 12.6. The van der Waals surface area contributed by atoms with Gasteiger partial charge in [0, 0.05) is 37.8 Å². The molecule has 0 aliphatic carbocycles. The number of aromatic amines is 3. The maximum Gasteiger partial charge on any atom is 0.365 e. The number of aromatic hydroxyl groups is 9. The summed E-state index contributed by atoms with van der Waals surface area (Å²) in [6.45, 7) is 45.7. The number of halogens is 5. The second-order valence-electron chi connectivity index (χ2n) is 38.9. The van der Waals surface area contributed by atoms with Crippen LogP contribution in [-0.2, 0) is 59.9 Å². The Hall–Kier alpha value is -13.2. The lowest BCUT2D eigenvalue weighted by molar-refractivity contribution is 0.135. The number of nitrogens with zero attached hydrogens (tertiary/aromatic N) is 10. The van der Waals surface area contributed by atoms with Gasteiger partial charge in [-0.15, -0.1) is 0 Å². The van der Waals surface area contributed by atoms with Crippen molar-refractivity contribution in [2.45, 2.75) is 219 Å². The number of H-pyrrole nitrogens is 3. The highest BCUT2D eigenvalue weighted by molar-refractivity contribution is 6.38. The first-order chi connectivity index (χ1) is 60.9. The molecule has 0 unspecified atom stereocenters. The Balaban J connectivity index is 0.000000192. The normalized spacial score (nSPS) is 12.0. The molecule has 0 saturated heterocycles. The molecule has 14 rings (SSSR count). The van der Waals surface area contributed by atoms with Crippen LogP contribution in [0, 0.1) is 34.6 Å². The highest BCUT2D eigenvalue weighted by Crippen LogP contribution is 2.39. The number of rotatable bonds is 0. The first-order valence-electron chi connectivity index (χ1n) is 41.1. The number of benzene rings is 7. The second kappa shape index (κ2) is 37.3.